The largest absolute Gasteiger partial charge is 0.341 e. The van der Waals surface area contributed by atoms with Crippen LogP contribution in [-0.4, -0.2) is 60.4 Å². The van der Waals surface area contributed by atoms with E-state index in [0.717, 1.165) is 58.2 Å². The predicted molar refractivity (Wildman–Crippen MR) is 110 cm³/mol. The Balaban J connectivity index is 1.52. The predicted octanol–water partition coefficient (Wildman–Crippen LogP) is 2.92. The highest BCUT2D eigenvalue weighted by Gasteiger charge is 2.48. The molecule has 1 saturated carbocycles. The van der Waals surface area contributed by atoms with Gasteiger partial charge in [0, 0.05) is 24.7 Å². The average Bonchev–Trinajstić information content (AvgIpc) is 3.13. The normalized spacial score (nSPS) is 28.2. The van der Waals surface area contributed by atoms with Crippen molar-refractivity contribution in [3.8, 4) is 0 Å². The first kappa shape index (κ1) is 19.4. The van der Waals surface area contributed by atoms with Gasteiger partial charge in [-0.25, -0.2) is 0 Å². The van der Waals surface area contributed by atoms with Crippen molar-refractivity contribution in [3.05, 3.63) is 35.9 Å². The lowest BCUT2D eigenvalue weighted by molar-refractivity contribution is -0.137. The second-order valence-electron chi connectivity index (χ2n) is 8.77. The summed E-state index contributed by atoms with van der Waals surface area (Å²) in [5.41, 5.74) is 0.708. The molecule has 4 rings (SSSR count). The number of rotatable bonds is 4. The molecule has 2 amide bonds. The molecule has 1 aromatic carbocycles. The van der Waals surface area contributed by atoms with Gasteiger partial charge in [0.05, 0.1) is 0 Å². The van der Waals surface area contributed by atoms with Gasteiger partial charge in [0.15, 0.2) is 0 Å². The molecule has 28 heavy (non-hydrogen) atoms. The smallest absolute Gasteiger partial charge is 0.254 e. The number of hydrogen-bond acceptors (Lipinski definition) is 3. The topological polar surface area (TPSA) is 52.7 Å². The molecule has 1 N–H and O–H groups in total. The molecule has 0 bridgehead atoms. The summed E-state index contributed by atoms with van der Waals surface area (Å²) in [5, 5.41) is 3.25. The third-order valence-corrected chi connectivity index (χ3v) is 7.05. The minimum absolute atomic E-state index is 0.0402. The van der Waals surface area contributed by atoms with E-state index >= 15 is 0 Å². The van der Waals surface area contributed by atoms with E-state index in [9.17, 15) is 9.59 Å². The summed E-state index contributed by atoms with van der Waals surface area (Å²) in [5.74, 6) is 1.36. The van der Waals surface area contributed by atoms with Gasteiger partial charge in [-0.3, -0.25) is 9.59 Å². The van der Waals surface area contributed by atoms with Crippen LogP contribution in [0, 0.1) is 11.8 Å². The highest BCUT2D eigenvalue weighted by Crippen LogP contribution is 2.41. The van der Waals surface area contributed by atoms with Gasteiger partial charge in [-0.2, -0.15) is 0 Å². The molecule has 1 aromatic rings. The number of fused-ring (bicyclic) bond motifs is 1. The van der Waals surface area contributed by atoms with Crippen LogP contribution in [0.2, 0.25) is 0 Å². The Bertz CT molecular complexity index is 684. The molecule has 1 aliphatic carbocycles. The Labute approximate surface area is 168 Å². The number of likely N-dealkylation sites (tertiary alicyclic amines) is 2. The Hall–Kier alpha value is -1.88. The maximum atomic E-state index is 13.5. The molecule has 5 nitrogen and oxygen atoms in total. The lowest BCUT2D eigenvalue weighted by Gasteiger charge is -2.37. The second-order valence-corrected chi connectivity index (χ2v) is 8.77. The van der Waals surface area contributed by atoms with Crippen LogP contribution in [0.15, 0.2) is 30.3 Å². The summed E-state index contributed by atoms with van der Waals surface area (Å²) in [6.45, 7) is 2.67. The summed E-state index contributed by atoms with van der Waals surface area (Å²) < 4.78 is 0. The number of carbonyl (C=O) groups excluding carboxylic acids is 2. The molecule has 3 aliphatic rings. The van der Waals surface area contributed by atoms with Crippen molar-refractivity contribution < 1.29 is 9.59 Å². The van der Waals surface area contributed by atoms with Gasteiger partial charge in [-0.05, 0) is 69.7 Å². The highest BCUT2D eigenvalue weighted by molar-refractivity contribution is 5.98. The van der Waals surface area contributed by atoms with Crippen molar-refractivity contribution in [2.75, 3.05) is 26.7 Å². The second kappa shape index (κ2) is 8.64. The van der Waals surface area contributed by atoms with Crippen LogP contribution in [-0.2, 0) is 4.79 Å². The summed E-state index contributed by atoms with van der Waals surface area (Å²) in [4.78, 5) is 30.9. The SMILES string of the molecule is CNCC1CCN(C(=O)C2CC3CCCCC3N2C(=O)c2ccccc2)CC1. The summed E-state index contributed by atoms with van der Waals surface area (Å²) in [6.07, 6.45) is 7.53. The van der Waals surface area contributed by atoms with Crippen molar-refractivity contribution in [2.45, 2.75) is 57.0 Å². The van der Waals surface area contributed by atoms with Crippen molar-refractivity contribution in [2.24, 2.45) is 11.8 Å². The molecule has 3 atom stereocenters. The fourth-order valence-corrected chi connectivity index (χ4v) is 5.56. The van der Waals surface area contributed by atoms with E-state index in [4.69, 9.17) is 0 Å². The summed E-state index contributed by atoms with van der Waals surface area (Å²) in [7, 11) is 1.99. The molecule has 2 saturated heterocycles. The molecule has 0 aromatic heterocycles. The monoisotopic (exact) mass is 383 g/mol. The molecule has 3 fully saturated rings. The molecule has 3 unspecified atom stereocenters. The van der Waals surface area contributed by atoms with Crippen molar-refractivity contribution in [1.29, 1.82) is 0 Å². The zero-order chi connectivity index (χ0) is 19.5. The van der Waals surface area contributed by atoms with Gasteiger partial charge in [-0.1, -0.05) is 31.0 Å². The van der Waals surface area contributed by atoms with Crippen molar-refractivity contribution in [3.63, 3.8) is 0 Å². The zero-order valence-corrected chi connectivity index (χ0v) is 17.0. The van der Waals surface area contributed by atoms with E-state index < -0.39 is 0 Å². The van der Waals surface area contributed by atoms with Gasteiger partial charge in [0.1, 0.15) is 6.04 Å². The van der Waals surface area contributed by atoms with Crippen LogP contribution in [0.4, 0.5) is 0 Å². The average molecular weight is 384 g/mol. The standard InChI is InChI=1S/C23H33N3O2/c1-24-16-17-11-13-25(14-12-17)23(28)21-15-19-9-5-6-10-20(19)26(21)22(27)18-7-3-2-4-8-18/h2-4,7-8,17,19-21,24H,5-6,9-16H2,1H3. The third-order valence-electron chi connectivity index (χ3n) is 7.05. The van der Waals surface area contributed by atoms with Crippen LogP contribution >= 0.6 is 0 Å². The Morgan fingerprint density at radius 3 is 2.46 bits per heavy atom. The van der Waals surface area contributed by atoms with E-state index in [1.165, 1.54) is 6.42 Å². The molecule has 152 valence electrons. The first-order valence-electron chi connectivity index (χ1n) is 11.0. The maximum absolute atomic E-state index is 13.5. The van der Waals surface area contributed by atoms with Crippen LogP contribution in [0.5, 0.6) is 0 Å². The fraction of sp³-hybridized carbons (Fsp3) is 0.652. The van der Waals surface area contributed by atoms with Crippen LogP contribution in [0.3, 0.4) is 0 Å². The minimum Gasteiger partial charge on any atom is -0.341 e. The number of nitrogens with one attached hydrogen (secondary N) is 1. The number of piperidine rings is 1. The van der Waals surface area contributed by atoms with Crippen LogP contribution in [0.25, 0.3) is 0 Å². The number of benzene rings is 1. The summed E-state index contributed by atoms with van der Waals surface area (Å²) >= 11 is 0. The zero-order valence-electron chi connectivity index (χ0n) is 17.0. The lowest BCUT2D eigenvalue weighted by atomic mass is 9.84. The molecule has 0 spiro atoms. The Morgan fingerprint density at radius 2 is 1.75 bits per heavy atom. The highest BCUT2D eigenvalue weighted by atomic mass is 16.2. The lowest BCUT2D eigenvalue weighted by Crippen LogP contribution is -2.52. The number of carbonyl (C=O) groups is 2. The van der Waals surface area contributed by atoms with Gasteiger partial charge < -0.3 is 15.1 Å². The van der Waals surface area contributed by atoms with E-state index in [-0.39, 0.29) is 23.9 Å². The first-order chi connectivity index (χ1) is 13.7. The molecular formula is C23H33N3O2. The van der Waals surface area contributed by atoms with Crippen LogP contribution in [0.1, 0.15) is 55.3 Å². The third kappa shape index (κ3) is 3.82. The molecule has 2 aliphatic heterocycles. The van der Waals surface area contributed by atoms with Crippen molar-refractivity contribution in [1.82, 2.24) is 15.1 Å². The minimum atomic E-state index is -0.276. The first-order valence-corrected chi connectivity index (χ1v) is 11.0. The Morgan fingerprint density at radius 1 is 1.04 bits per heavy atom. The van der Waals surface area contributed by atoms with E-state index in [2.05, 4.69) is 5.32 Å². The number of nitrogens with zero attached hydrogens (tertiary/aromatic N) is 2. The van der Waals surface area contributed by atoms with Gasteiger partial charge in [0.25, 0.3) is 5.91 Å². The molecule has 2 heterocycles. The van der Waals surface area contributed by atoms with Gasteiger partial charge in [0.2, 0.25) is 5.91 Å². The Kier molecular flexibility index (Phi) is 6.00. The van der Waals surface area contributed by atoms with E-state index in [0.29, 0.717) is 17.4 Å². The quantitative estimate of drug-likeness (QED) is 0.870. The fourth-order valence-electron chi connectivity index (χ4n) is 5.56. The number of hydrogen-bond donors (Lipinski definition) is 1. The molecular weight excluding hydrogens is 350 g/mol. The molecule has 5 heteroatoms. The maximum Gasteiger partial charge on any atom is 0.254 e. The summed E-state index contributed by atoms with van der Waals surface area (Å²) in [6, 6.07) is 9.46. The molecule has 0 radical (unpaired) electrons. The van der Waals surface area contributed by atoms with E-state index in [1.807, 2.05) is 47.2 Å². The number of amides is 2. The van der Waals surface area contributed by atoms with Crippen LogP contribution < -0.4 is 5.32 Å². The van der Waals surface area contributed by atoms with Gasteiger partial charge >= 0.3 is 0 Å². The van der Waals surface area contributed by atoms with Crippen molar-refractivity contribution >= 4 is 11.8 Å². The van der Waals surface area contributed by atoms with Gasteiger partial charge in [-0.15, -0.1) is 0 Å². The van der Waals surface area contributed by atoms with E-state index in [1.54, 1.807) is 0 Å².